The molecule has 1 aliphatic heterocycles. The number of amides is 1. The molecule has 7 heteroatoms. The van der Waals surface area contributed by atoms with E-state index in [9.17, 15) is 14.0 Å². The van der Waals surface area contributed by atoms with Crippen LogP contribution in [0, 0.1) is 12.7 Å². The molecule has 3 aromatic rings. The molecule has 3 heterocycles. The molecular formula is C27H28FN3O3. The van der Waals surface area contributed by atoms with Crippen LogP contribution in [0.5, 0.6) is 0 Å². The Kier molecular flexibility index (Phi) is 5.50. The minimum atomic E-state index is -0.495. The number of ether oxygens (including phenoxy) is 1. The van der Waals surface area contributed by atoms with E-state index in [0.29, 0.717) is 28.9 Å². The molecule has 0 unspecified atom stereocenters. The van der Waals surface area contributed by atoms with Gasteiger partial charge in [0.15, 0.2) is 0 Å². The van der Waals surface area contributed by atoms with Crippen LogP contribution in [0.15, 0.2) is 42.7 Å². The highest BCUT2D eigenvalue weighted by Crippen LogP contribution is 2.49. The topological polar surface area (TPSA) is 75.3 Å². The van der Waals surface area contributed by atoms with Crippen LogP contribution in [0.1, 0.15) is 66.7 Å². The van der Waals surface area contributed by atoms with E-state index in [1.807, 2.05) is 12.1 Å². The number of aryl methyl sites for hydroxylation is 1. The fourth-order valence-corrected chi connectivity index (χ4v) is 5.41. The summed E-state index contributed by atoms with van der Waals surface area (Å²) in [5.41, 5.74) is 3.20. The number of H-pyrrole nitrogens is 1. The Morgan fingerprint density at radius 2 is 1.97 bits per heavy atom. The Balaban J connectivity index is 1.70. The maximum absolute atomic E-state index is 13.9. The summed E-state index contributed by atoms with van der Waals surface area (Å²) in [4.78, 5) is 36.4. The number of carbonyl (C=O) groups is 2. The fourth-order valence-electron chi connectivity index (χ4n) is 5.41. The second-order valence-electron chi connectivity index (χ2n) is 9.66. The van der Waals surface area contributed by atoms with Crippen molar-refractivity contribution < 1.29 is 18.7 Å². The SMILES string of the molecule is Cc1cc(C(=O)N2C=C(C(=O)OC(C)C)c3[nH]c4ncccc4c3C3(CCCC3)C2)ccc1F. The monoisotopic (exact) mass is 461 g/mol. The molecule has 1 amide bonds. The quantitative estimate of drug-likeness (QED) is 0.539. The lowest BCUT2D eigenvalue weighted by Crippen LogP contribution is -2.39. The number of nitrogens with zero attached hydrogens (tertiary/aromatic N) is 2. The predicted molar refractivity (Wildman–Crippen MR) is 128 cm³/mol. The van der Waals surface area contributed by atoms with E-state index in [4.69, 9.17) is 4.74 Å². The molecule has 5 rings (SSSR count). The highest BCUT2D eigenvalue weighted by Gasteiger charge is 2.45. The number of fused-ring (bicyclic) bond motifs is 4. The summed E-state index contributed by atoms with van der Waals surface area (Å²) in [6, 6.07) is 8.27. The molecule has 1 fully saturated rings. The van der Waals surface area contributed by atoms with Crippen LogP contribution in [0.4, 0.5) is 4.39 Å². The van der Waals surface area contributed by atoms with Crippen molar-refractivity contribution in [2.24, 2.45) is 0 Å². The van der Waals surface area contributed by atoms with Crippen molar-refractivity contribution in [3.05, 3.63) is 70.9 Å². The Bertz CT molecular complexity index is 1320. The third-order valence-electron chi connectivity index (χ3n) is 6.92. The molecule has 176 valence electrons. The average molecular weight is 462 g/mol. The normalized spacial score (nSPS) is 17.1. The highest BCUT2D eigenvalue weighted by atomic mass is 19.1. The van der Waals surface area contributed by atoms with Crippen molar-refractivity contribution in [3.63, 3.8) is 0 Å². The number of pyridine rings is 1. The minimum Gasteiger partial charge on any atom is -0.459 e. The first-order valence-corrected chi connectivity index (χ1v) is 11.8. The van der Waals surface area contributed by atoms with Gasteiger partial charge >= 0.3 is 5.97 Å². The molecule has 0 saturated heterocycles. The van der Waals surface area contributed by atoms with Crippen molar-refractivity contribution in [3.8, 4) is 0 Å². The van der Waals surface area contributed by atoms with Gasteiger partial charge in [0, 0.05) is 35.3 Å². The zero-order valence-electron chi connectivity index (χ0n) is 19.7. The van der Waals surface area contributed by atoms with E-state index >= 15 is 0 Å². The molecule has 1 aliphatic carbocycles. The smallest absolute Gasteiger partial charge is 0.342 e. The number of hydrogen-bond acceptors (Lipinski definition) is 4. The first-order valence-electron chi connectivity index (χ1n) is 11.8. The summed E-state index contributed by atoms with van der Waals surface area (Å²) >= 11 is 0. The van der Waals surface area contributed by atoms with Gasteiger partial charge in [0.1, 0.15) is 11.5 Å². The van der Waals surface area contributed by atoms with Crippen molar-refractivity contribution in [2.75, 3.05) is 6.54 Å². The number of rotatable bonds is 3. The van der Waals surface area contributed by atoms with E-state index in [1.54, 1.807) is 44.1 Å². The molecule has 6 nitrogen and oxygen atoms in total. The summed E-state index contributed by atoms with van der Waals surface area (Å²) < 4.78 is 19.5. The number of aromatic amines is 1. The van der Waals surface area contributed by atoms with Crippen molar-refractivity contribution in [1.29, 1.82) is 0 Å². The Morgan fingerprint density at radius 3 is 2.68 bits per heavy atom. The number of nitrogens with one attached hydrogen (secondary N) is 1. The van der Waals surface area contributed by atoms with Gasteiger partial charge in [-0.15, -0.1) is 0 Å². The van der Waals surface area contributed by atoms with E-state index in [-0.39, 0.29) is 23.2 Å². The predicted octanol–water partition coefficient (Wildman–Crippen LogP) is 5.27. The lowest BCUT2D eigenvalue weighted by Gasteiger charge is -2.33. The second-order valence-corrected chi connectivity index (χ2v) is 9.66. The summed E-state index contributed by atoms with van der Waals surface area (Å²) in [7, 11) is 0. The molecule has 1 aromatic carbocycles. The number of aromatic nitrogens is 2. The molecule has 2 aromatic heterocycles. The zero-order valence-corrected chi connectivity index (χ0v) is 19.7. The highest BCUT2D eigenvalue weighted by molar-refractivity contribution is 6.18. The van der Waals surface area contributed by atoms with Gasteiger partial charge in [0.2, 0.25) is 0 Å². The van der Waals surface area contributed by atoms with E-state index in [1.165, 1.54) is 12.1 Å². The van der Waals surface area contributed by atoms with Gasteiger partial charge in [-0.25, -0.2) is 14.2 Å². The maximum Gasteiger partial charge on any atom is 0.342 e. The van der Waals surface area contributed by atoms with Crippen LogP contribution >= 0.6 is 0 Å². The van der Waals surface area contributed by atoms with Gasteiger partial charge in [0.25, 0.3) is 5.91 Å². The van der Waals surface area contributed by atoms with E-state index in [2.05, 4.69) is 9.97 Å². The Morgan fingerprint density at radius 1 is 1.21 bits per heavy atom. The number of hydrogen-bond donors (Lipinski definition) is 1. The molecular weight excluding hydrogens is 433 g/mol. The molecule has 1 N–H and O–H groups in total. The lowest BCUT2D eigenvalue weighted by atomic mass is 9.76. The molecule has 1 spiro atoms. The lowest BCUT2D eigenvalue weighted by molar-refractivity contribution is -0.140. The summed E-state index contributed by atoms with van der Waals surface area (Å²) in [5.74, 6) is -1.12. The first kappa shape index (κ1) is 22.3. The molecule has 1 saturated carbocycles. The molecule has 2 aliphatic rings. The van der Waals surface area contributed by atoms with Gasteiger partial charge in [-0.2, -0.15) is 0 Å². The van der Waals surface area contributed by atoms with Crippen LogP contribution in [-0.4, -0.2) is 39.4 Å². The zero-order chi connectivity index (χ0) is 24.0. The van der Waals surface area contributed by atoms with Crippen LogP contribution in [0.3, 0.4) is 0 Å². The number of carbonyl (C=O) groups excluding carboxylic acids is 2. The van der Waals surface area contributed by atoms with Crippen LogP contribution in [0.25, 0.3) is 16.6 Å². The van der Waals surface area contributed by atoms with Gasteiger partial charge < -0.3 is 14.6 Å². The molecule has 34 heavy (non-hydrogen) atoms. The van der Waals surface area contributed by atoms with Crippen molar-refractivity contribution >= 4 is 28.5 Å². The third kappa shape index (κ3) is 3.69. The van der Waals surface area contributed by atoms with Gasteiger partial charge in [-0.1, -0.05) is 12.8 Å². The Labute approximate surface area is 197 Å². The minimum absolute atomic E-state index is 0.267. The van der Waals surface area contributed by atoms with E-state index in [0.717, 1.165) is 42.3 Å². The Hall–Kier alpha value is -3.48. The first-order chi connectivity index (χ1) is 16.3. The van der Waals surface area contributed by atoms with Gasteiger partial charge in [-0.05, 0) is 75.1 Å². The van der Waals surface area contributed by atoms with Gasteiger partial charge in [0.05, 0.1) is 17.4 Å². The third-order valence-corrected chi connectivity index (χ3v) is 6.92. The molecule has 0 bridgehead atoms. The van der Waals surface area contributed by atoms with E-state index < -0.39 is 5.97 Å². The van der Waals surface area contributed by atoms with Gasteiger partial charge in [-0.3, -0.25) is 4.79 Å². The summed E-state index contributed by atoms with van der Waals surface area (Å²) in [6.45, 7) is 5.66. The second kappa shape index (κ2) is 8.38. The van der Waals surface area contributed by atoms with Crippen LogP contribution in [-0.2, 0) is 14.9 Å². The molecule has 0 radical (unpaired) electrons. The standard InChI is InChI=1S/C27H28FN3O3/c1-16(2)34-26(33)20-14-31(25(32)18-8-9-21(28)17(3)13-18)15-27(10-4-5-11-27)22-19-7-6-12-29-24(19)30-23(20)22/h6-9,12-14,16H,4-5,10-11,15H2,1-3H3,(H,29,30). The van der Waals surface area contributed by atoms with Crippen molar-refractivity contribution in [2.45, 2.75) is 58.0 Å². The number of benzene rings is 1. The molecule has 0 atom stereocenters. The summed E-state index contributed by atoms with van der Waals surface area (Å²) in [6.07, 6.45) is 6.88. The number of halogens is 1. The number of esters is 1. The summed E-state index contributed by atoms with van der Waals surface area (Å²) in [5, 5.41) is 0.967. The maximum atomic E-state index is 13.9. The van der Waals surface area contributed by atoms with Crippen molar-refractivity contribution in [1.82, 2.24) is 14.9 Å². The van der Waals surface area contributed by atoms with Crippen LogP contribution < -0.4 is 0 Å². The average Bonchev–Trinajstić information content (AvgIpc) is 3.39. The van der Waals surface area contributed by atoms with Crippen LogP contribution in [0.2, 0.25) is 0 Å². The largest absolute Gasteiger partial charge is 0.459 e. The fraction of sp³-hybridized carbons (Fsp3) is 0.370.